The molecule has 5 nitrogen and oxygen atoms in total. The molecule has 0 bridgehead atoms. The lowest BCUT2D eigenvalue weighted by Gasteiger charge is -2.15. The molecule has 2 aromatic rings. The van der Waals surface area contributed by atoms with Crippen molar-refractivity contribution in [2.45, 2.75) is 40.0 Å². The smallest absolute Gasteiger partial charge is 0.343 e. The monoisotopic (exact) mass is 370 g/mol. The number of carbonyl (C=O) groups is 1. The zero-order valence-corrected chi connectivity index (χ0v) is 15.8. The van der Waals surface area contributed by atoms with Crippen LogP contribution in [0.1, 0.15) is 53.6 Å². The number of hydrogen-bond donors (Lipinski definition) is 1. The lowest BCUT2D eigenvalue weighted by atomic mass is 9.97. The number of esters is 1. The molecule has 0 spiro atoms. The van der Waals surface area contributed by atoms with Gasteiger partial charge >= 0.3 is 5.97 Å². The number of halogens is 1. The Balaban J connectivity index is 2.47. The maximum atomic E-state index is 13.1. The van der Waals surface area contributed by atoms with Gasteiger partial charge in [0.15, 0.2) is 5.75 Å². The molecule has 6 heteroatoms. The van der Waals surface area contributed by atoms with Gasteiger partial charge in [-0.3, -0.25) is 4.98 Å². The SMILES string of the molecule is CCOC(=O)c1c(CCc2ccc(F)cc2)nc(CC(C)C)c(C#N)c1O. The highest BCUT2D eigenvalue weighted by molar-refractivity contribution is 5.94. The molecule has 0 saturated heterocycles. The van der Waals surface area contributed by atoms with Gasteiger partial charge in [0.2, 0.25) is 0 Å². The van der Waals surface area contributed by atoms with Crippen LogP contribution in [0.15, 0.2) is 24.3 Å². The van der Waals surface area contributed by atoms with Gasteiger partial charge in [-0.25, -0.2) is 9.18 Å². The first kappa shape index (κ1) is 20.4. The fourth-order valence-corrected chi connectivity index (χ4v) is 2.84. The van der Waals surface area contributed by atoms with Crippen molar-refractivity contribution in [3.63, 3.8) is 0 Å². The molecule has 0 amide bonds. The predicted octanol–water partition coefficient (Wildman–Crippen LogP) is 3.96. The van der Waals surface area contributed by atoms with Gasteiger partial charge in [0.25, 0.3) is 0 Å². The first-order chi connectivity index (χ1) is 12.9. The van der Waals surface area contributed by atoms with E-state index in [2.05, 4.69) is 4.98 Å². The lowest BCUT2D eigenvalue weighted by molar-refractivity contribution is 0.0521. The summed E-state index contributed by atoms with van der Waals surface area (Å²) in [6.45, 7) is 5.78. The van der Waals surface area contributed by atoms with E-state index in [4.69, 9.17) is 4.74 Å². The van der Waals surface area contributed by atoms with Gasteiger partial charge in [0, 0.05) is 0 Å². The third-order valence-corrected chi connectivity index (χ3v) is 4.08. The van der Waals surface area contributed by atoms with Gasteiger partial charge in [-0.05, 0) is 49.8 Å². The fourth-order valence-electron chi connectivity index (χ4n) is 2.84. The normalized spacial score (nSPS) is 10.7. The van der Waals surface area contributed by atoms with Crippen LogP contribution in [-0.2, 0) is 24.0 Å². The summed E-state index contributed by atoms with van der Waals surface area (Å²) in [5.41, 5.74) is 1.67. The molecule has 1 N–H and O–H groups in total. The number of nitrogens with zero attached hydrogens (tertiary/aromatic N) is 2. The van der Waals surface area contributed by atoms with Crippen molar-refractivity contribution in [2.24, 2.45) is 5.92 Å². The van der Waals surface area contributed by atoms with Crippen molar-refractivity contribution < 1.29 is 19.0 Å². The standard InChI is InChI=1S/C21H23FN2O3/c1-4-27-21(26)19-17(10-7-14-5-8-15(22)9-6-14)24-18(11-13(2)3)16(12-23)20(19)25/h5-6,8-9,13H,4,7,10-11H2,1-3H3,(H,24,25). The highest BCUT2D eigenvalue weighted by atomic mass is 19.1. The van der Waals surface area contributed by atoms with Crippen LogP contribution in [0.2, 0.25) is 0 Å². The molecule has 1 aromatic carbocycles. The summed E-state index contributed by atoms with van der Waals surface area (Å²) in [5, 5.41) is 20.0. The molecule has 0 saturated carbocycles. The Kier molecular flexibility index (Phi) is 6.89. The first-order valence-electron chi connectivity index (χ1n) is 8.93. The quantitative estimate of drug-likeness (QED) is 0.746. The van der Waals surface area contributed by atoms with E-state index >= 15 is 0 Å². The molecular formula is C21H23FN2O3. The summed E-state index contributed by atoms with van der Waals surface area (Å²) in [6, 6.07) is 8.02. The second-order valence-corrected chi connectivity index (χ2v) is 6.66. The van der Waals surface area contributed by atoms with E-state index in [0.29, 0.717) is 30.7 Å². The van der Waals surface area contributed by atoms with Crippen LogP contribution in [0.25, 0.3) is 0 Å². The molecule has 0 atom stereocenters. The van der Waals surface area contributed by atoms with Crippen LogP contribution in [-0.4, -0.2) is 22.7 Å². The average molecular weight is 370 g/mol. The minimum absolute atomic E-state index is 0.0114. The third kappa shape index (κ3) is 5.04. The van der Waals surface area contributed by atoms with Gasteiger partial charge in [-0.2, -0.15) is 5.26 Å². The summed E-state index contributed by atoms with van der Waals surface area (Å²) >= 11 is 0. The molecule has 0 radical (unpaired) electrons. The molecule has 0 aliphatic carbocycles. The van der Waals surface area contributed by atoms with Crippen molar-refractivity contribution in [3.8, 4) is 11.8 Å². The van der Waals surface area contributed by atoms with Crippen LogP contribution >= 0.6 is 0 Å². The summed E-state index contributed by atoms with van der Waals surface area (Å²) < 4.78 is 18.1. The van der Waals surface area contributed by atoms with Crippen LogP contribution in [0.3, 0.4) is 0 Å². The van der Waals surface area contributed by atoms with E-state index in [1.54, 1.807) is 19.1 Å². The highest BCUT2D eigenvalue weighted by Gasteiger charge is 2.25. The second kappa shape index (κ2) is 9.13. The number of aryl methyl sites for hydroxylation is 2. The Labute approximate surface area is 158 Å². The summed E-state index contributed by atoms with van der Waals surface area (Å²) in [7, 11) is 0. The Hall–Kier alpha value is -2.94. The lowest BCUT2D eigenvalue weighted by Crippen LogP contribution is -2.15. The fraction of sp³-hybridized carbons (Fsp3) is 0.381. The zero-order chi connectivity index (χ0) is 20.0. The first-order valence-corrected chi connectivity index (χ1v) is 8.93. The number of aromatic nitrogens is 1. The minimum atomic E-state index is -0.704. The maximum Gasteiger partial charge on any atom is 0.343 e. The molecule has 0 unspecified atom stereocenters. The molecule has 0 fully saturated rings. The summed E-state index contributed by atoms with van der Waals surface area (Å²) in [6.07, 6.45) is 1.36. The number of rotatable bonds is 7. The van der Waals surface area contributed by atoms with Crippen LogP contribution in [0.5, 0.6) is 5.75 Å². The molecule has 2 rings (SSSR count). The molecule has 142 valence electrons. The summed E-state index contributed by atoms with van der Waals surface area (Å²) in [5.74, 6) is -1.18. The van der Waals surface area contributed by atoms with Gasteiger partial charge in [0.05, 0.1) is 18.0 Å². The van der Waals surface area contributed by atoms with E-state index in [1.165, 1.54) is 12.1 Å². The Bertz CT molecular complexity index is 855. The number of ether oxygens (including phenoxy) is 1. The van der Waals surface area contributed by atoms with E-state index in [1.807, 2.05) is 19.9 Å². The van der Waals surface area contributed by atoms with Crippen molar-refractivity contribution in [1.29, 1.82) is 5.26 Å². The van der Waals surface area contributed by atoms with E-state index in [0.717, 1.165) is 5.56 Å². The number of carbonyl (C=O) groups excluding carboxylic acids is 1. The van der Waals surface area contributed by atoms with Crippen LogP contribution < -0.4 is 0 Å². The minimum Gasteiger partial charge on any atom is -0.506 e. The molecular weight excluding hydrogens is 347 g/mol. The average Bonchev–Trinajstić information content (AvgIpc) is 2.61. The second-order valence-electron chi connectivity index (χ2n) is 6.66. The largest absolute Gasteiger partial charge is 0.506 e. The van der Waals surface area contributed by atoms with Crippen molar-refractivity contribution >= 4 is 5.97 Å². The van der Waals surface area contributed by atoms with Crippen LogP contribution in [0.4, 0.5) is 4.39 Å². The van der Waals surface area contributed by atoms with Crippen molar-refractivity contribution in [2.75, 3.05) is 6.61 Å². The van der Waals surface area contributed by atoms with Crippen LogP contribution in [0, 0.1) is 23.1 Å². The van der Waals surface area contributed by atoms with Gasteiger partial charge < -0.3 is 9.84 Å². The molecule has 1 heterocycles. The molecule has 27 heavy (non-hydrogen) atoms. The van der Waals surface area contributed by atoms with Gasteiger partial charge in [0.1, 0.15) is 23.0 Å². The maximum absolute atomic E-state index is 13.1. The van der Waals surface area contributed by atoms with E-state index < -0.39 is 5.97 Å². The van der Waals surface area contributed by atoms with E-state index in [9.17, 15) is 19.6 Å². The van der Waals surface area contributed by atoms with E-state index in [-0.39, 0.29) is 35.2 Å². The number of nitriles is 1. The summed E-state index contributed by atoms with van der Waals surface area (Å²) in [4.78, 5) is 16.9. The van der Waals surface area contributed by atoms with Gasteiger partial charge in [-0.15, -0.1) is 0 Å². The Morgan fingerprint density at radius 3 is 2.48 bits per heavy atom. The van der Waals surface area contributed by atoms with Gasteiger partial charge in [-0.1, -0.05) is 26.0 Å². The van der Waals surface area contributed by atoms with Crippen molar-refractivity contribution in [3.05, 3.63) is 58.2 Å². The number of pyridine rings is 1. The molecule has 0 aliphatic rings. The predicted molar refractivity (Wildman–Crippen MR) is 98.9 cm³/mol. The number of aromatic hydroxyl groups is 1. The number of benzene rings is 1. The third-order valence-electron chi connectivity index (χ3n) is 4.08. The zero-order valence-electron chi connectivity index (χ0n) is 15.8. The highest BCUT2D eigenvalue weighted by Crippen LogP contribution is 2.30. The Morgan fingerprint density at radius 1 is 1.26 bits per heavy atom. The topological polar surface area (TPSA) is 83.2 Å². The number of hydrogen-bond acceptors (Lipinski definition) is 5. The van der Waals surface area contributed by atoms with Crippen molar-refractivity contribution in [1.82, 2.24) is 4.98 Å². The molecule has 1 aromatic heterocycles. The Morgan fingerprint density at radius 2 is 1.93 bits per heavy atom. The molecule has 0 aliphatic heterocycles.